The molecule has 0 unspecified atom stereocenters. The Balaban J connectivity index is 1.52. The summed E-state index contributed by atoms with van der Waals surface area (Å²) < 4.78 is 0.750. The van der Waals surface area contributed by atoms with Gasteiger partial charge in [-0.2, -0.15) is 0 Å². The molecule has 5 heteroatoms. The second kappa shape index (κ2) is 4.97. The van der Waals surface area contributed by atoms with Crippen molar-refractivity contribution in [2.24, 2.45) is 29.6 Å². The molecule has 0 atom stereocenters. The fourth-order valence-electron chi connectivity index (χ4n) is 5.10. The zero-order valence-corrected chi connectivity index (χ0v) is 13.5. The van der Waals surface area contributed by atoms with Gasteiger partial charge in [0.1, 0.15) is 5.82 Å². The Morgan fingerprint density at radius 2 is 1.81 bits per heavy atom. The van der Waals surface area contributed by atoms with Gasteiger partial charge in [-0.1, -0.05) is 0 Å². The van der Waals surface area contributed by atoms with E-state index in [0.29, 0.717) is 23.3 Å². The molecule has 21 heavy (non-hydrogen) atoms. The smallest absolute Gasteiger partial charge is 0.229 e. The Labute approximate surface area is 133 Å². The van der Waals surface area contributed by atoms with Gasteiger partial charge in [-0.3, -0.25) is 4.79 Å². The van der Waals surface area contributed by atoms with Gasteiger partial charge in [-0.15, -0.1) is 0 Å². The molecule has 4 saturated carbocycles. The minimum absolute atomic E-state index is 0.154. The highest BCUT2D eigenvalue weighted by molar-refractivity contribution is 9.10. The quantitative estimate of drug-likeness (QED) is 0.859. The van der Waals surface area contributed by atoms with Gasteiger partial charge in [-0.05, 0) is 77.8 Å². The molecule has 4 bridgehead atoms. The van der Waals surface area contributed by atoms with Crippen LogP contribution in [0.5, 0.6) is 0 Å². The van der Waals surface area contributed by atoms with Gasteiger partial charge in [0.2, 0.25) is 5.91 Å². The van der Waals surface area contributed by atoms with Crippen molar-refractivity contribution in [3.05, 3.63) is 16.7 Å². The summed E-state index contributed by atoms with van der Waals surface area (Å²) in [4.78, 5) is 17.0. The Hall–Kier alpha value is -1.10. The number of anilines is 2. The number of nitrogens with two attached hydrogens (primary N) is 1. The van der Waals surface area contributed by atoms with Crippen LogP contribution in [0.2, 0.25) is 0 Å². The summed E-state index contributed by atoms with van der Waals surface area (Å²) in [5.41, 5.74) is 6.28. The Morgan fingerprint density at radius 1 is 1.19 bits per heavy atom. The SMILES string of the molecule is Nc1cnc(NC(=O)C2C3CC4CC(C3)CC2C4)c(Br)c1. The van der Waals surface area contributed by atoms with E-state index >= 15 is 0 Å². The van der Waals surface area contributed by atoms with Crippen molar-refractivity contribution in [1.82, 2.24) is 4.98 Å². The first-order chi connectivity index (χ1) is 10.1. The van der Waals surface area contributed by atoms with Gasteiger partial charge >= 0.3 is 0 Å². The maximum absolute atomic E-state index is 12.7. The van der Waals surface area contributed by atoms with Crippen LogP contribution in [0, 0.1) is 29.6 Å². The van der Waals surface area contributed by atoms with Crippen LogP contribution in [0.4, 0.5) is 11.5 Å². The first-order valence-corrected chi connectivity index (χ1v) is 8.61. The van der Waals surface area contributed by atoms with Gasteiger partial charge < -0.3 is 11.1 Å². The third-order valence-corrected chi connectivity index (χ3v) is 6.24. The number of nitrogens with one attached hydrogen (secondary N) is 1. The van der Waals surface area contributed by atoms with Gasteiger partial charge in [0, 0.05) is 5.92 Å². The summed E-state index contributed by atoms with van der Waals surface area (Å²) in [5, 5.41) is 3.01. The average Bonchev–Trinajstić information content (AvgIpc) is 2.40. The zero-order chi connectivity index (χ0) is 14.6. The number of nitrogen functional groups attached to an aromatic ring is 1. The minimum Gasteiger partial charge on any atom is -0.397 e. The molecule has 1 aromatic rings. The van der Waals surface area contributed by atoms with Crippen molar-refractivity contribution < 1.29 is 4.79 Å². The third kappa shape index (κ3) is 2.35. The molecule has 0 aromatic carbocycles. The van der Waals surface area contributed by atoms with E-state index in [1.165, 1.54) is 32.1 Å². The minimum atomic E-state index is 0.154. The summed E-state index contributed by atoms with van der Waals surface area (Å²) in [6.07, 6.45) is 8.00. The summed E-state index contributed by atoms with van der Waals surface area (Å²) in [5.74, 6) is 3.88. The van der Waals surface area contributed by atoms with E-state index in [2.05, 4.69) is 26.2 Å². The maximum atomic E-state index is 12.7. The van der Waals surface area contributed by atoms with Gasteiger partial charge in [-0.25, -0.2) is 4.98 Å². The molecule has 0 radical (unpaired) electrons. The molecular weight excluding hydrogens is 330 g/mol. The van der Waals surface area contributed by atoms with Crippen LogP contribution in [0.3, 0.4) is 0 Å². The van der Waals surface area contributed by atoms with Crippen molar-refractivity contribution in [3.8, 4) is 0 Å². The second-order valence-electron chi connectivity index (χ2n) is 7.04. The van der Waals surface area contributed by atoms with E-state index in [1.54, 1.807) is 12.3 Å². The van der Waals surface area contributed by atoms with Crippen LogP contribution >= 0.6 is 15.9 Å². The number of aromatic nitrogens is 1. The first-order valence-electron chi connectivity index (χ1n) is 7.82. The first kappa shape index (κ1) is 13.6. The molecule has 1 heterocycles. The largest absolute Gasteiger partial charge is 0.397 e. The van der Waals surface area contributed by atoms with Gasteiger partial charge in [0.05, 0.1) is 16.4 Å². The van der Waals surface area contributed by atoms with E-state index < -0.39 is 0 Å². The van der Waals surface area contributed by atoms with E-state index in [1.807, 2.05) is 0 Å². The summed E-state index contributed by atoms with van der Waals surface area (Å²) >= 11 is 3.42. The second-order valence-corrected chi connectivity index (χ2v) is 7.90. The topological polar surface area (TPSA) is 68.0 Å². The zero-order valence-electron chi connectivity index (χ0n) is 11.9. The Morgan fingerprint density at radius 3 is 2.38 bits per heavy atom. The molecule has 4 nitrogen and oxygen atoms in total. The molecule has 112 valence electrons. The molecule has 0 saturated heterocycles. The van der Waals surface area contributed by atoms with Crippen LogP contribution in [0.25, 0.3) is 0 Å². The molecule has 0 aliphatic heterocycles. The van der Waals surface area contributed by atoms with Crippen LogP contribution < -0.4 is 11.1 Å². The monoisotopic (exact) mass is 349 g/mol. The lowest BCUT2D eigenvalue weighted by Crippen LogP contribution is -2.49. The predicted octanol–water partition coefficient (Wildman–Crippen LogP) is 3.44. The summed E-state index contributed by atoms with van der Waals surface area (Å²) in [6, 6.07) is 1.78. The standard InChI is InChI=1S/C16H20BrN3O/c17-13-6-12(18)7-19-15(13)20-16(21)14-10-2-8-1-9(4-10)5-11(14)3-8/h6-11,14H,1-5,18H2,(H,19,20,21). The molecular formula is C16H20BrN3O. The van der Waals surface area contributed by atoms with Crippen molar-refractivity contribution in [2.45, 2.75) is 32.1 Å². The van der Waals surface area contributed by atoms with Crippen LogP contribution in [-0.4, -0.2) is 10.9 Å². The highest BCUT2D eigenvalue weighted by Crippen LogP contribution is 2.56. The Bertz CT molecular complexity index is 561. The fourth-order valence-corrected chi connectivity index (χ4v) is 5.56. The van der Waals surface area contributed by atoms with Crippen LogP contribution in [0.15, 0.2) is 16.7 Å². The molecule has 1 amide bonds. The molecule has 3 N–H and O–H groups in total. The van der Waals surface area contributed by atoms with Crippen molar-refractivity contribution in [2.75, 3.05) is 11.1 Å². The normalized spacial score (nSPS) is 36.7. The number of hydrogen-bond acceptors (Lipinski definition) is 3. The highest BCUT2D eigenvalue weighted by Gasteiger charge is 2.50. The maximum Gasteiger partial charge on any atom is 0.229 e. The number of halogens is 1. The lowest BCUT2D eigenvalue weighted by atomic mass is 9.51. The lowest BCUT2D eigenvalue weighted by Gasteiger charge is -2.53. The van der Waals surface area contributed by atoms with E-state index in [-0.39, 0.29) is 11.8 Å². The number of carbonyl (C=O) groups is 1. The third-order valence-electron chi connectivity index (χ3n) is 5.63. The number of hydrogen-bond donors (Lipinski definition) is 2. The number of pyridine rings is 1. The number of carbonyl (C=O) groups excluding carboxylic acids is 1. The molecule has 5 rings (SSSR count). The summed E-state index contributed by atoms with van der Waals surface area (Å²) in [7, 11) is 0. The van der Waals surface area contributed by atoms with Crippen molar-refractivity contribution in [1.29, 1.82) is 0 Å². The van der Waals surface area contributed by atoms with Crippen molar-refractivity contribution >= 4 is 33.3 Å². The number of amides is 1. The molecule has 0 spiro atoms. The van der Waals surface area contributed by atoms with Gasteiger partial charge in [0.25, 0.3) is 0 Å². The van der Waals surface area contributed by atoms with Crippen LogP contribution in [0.1, 0.15) is 32.1 Å². The van der Waals surface area contributed by atoms with Gasteiger partial charge in [0.15, 0.2) is 0 Å². The highest BCUT2D eigenvalue weighted by atomic mass is 79.9. The predicted molar refractivity (Wildman–Crippen MR) is 85.5 cm³/mol. The van der Waals surface area contributed by atoms with Crippen LogP contribution in [-0.2, 0) is 4.79 Å². The van der Waals surface area contributed by atoms with E-state index in [4.69, 9.17) is 5.73 Å². The summed E-state index contributed by atoms with van der Waals surface area (Å²) in [6.45, 7) is 0. The average molecular weight is 350 g/mol. The number of rotatable bonds is 2. The molecule has 1 aromatic heterocycles. The van der Waals surface area contributed by atoms with E-state index in [0.717, 1.165) is 16.3 Å². The molecule has 4 fully saturated rings. The van der Waals surface area contributed by atoms with Crippen molar-refractivity contribution in [3.63, 3.8) is 0 Å². The number of nitrogens with zero attached hydrogens (tertiary/aromatic N) is 1. The Kier molecular flexibility index (Phi) is 3.21. The molecule has 4 aliphatic rings. The lowest BCUT2D eigenvalue weighted by molar-refractivity contribution is -0.132. The van der Waals surface area contributed by atoms with E-state index in [9.17, 15) is 4.79 Å². The molecule has 4 aliphatic carbocycles. The fraction of sp³-hybridized carbons (Fsp3) is 0.625.